The van der Waals surface area contributed by atoms with E-state index in [-0.39, 0.29) is 5.78 Å². The van der Waals surface area contributed by atoms with Gasteiger partial charge in [-0.3, -0.25) is 4.79 Å². The smallest absolute Gasteiger partial charge is 0.159 e. The molecule has 0 radical (unpaired) electrons. The average molecular weight is 166 g/mol. The van der Waals surface area contributed by atoms with Gasteiger partial charge in [-0.1, -0.05) is 6.08 Å². The summed E-state index contributed by atoms with van der Waals surface area (Å²) in [6, 6.07) is 0. The van der Waals surface area contributed by atoms with E-state index >= 15 is 0 Å². The second-order valence-electron chi connectivity index (χ2n) is 3.52. The fraction of sp³-hybridized carbons (Fsp3) is 0.500. The molecule has 0 amide bonds. The van der Waals surface area contributed by atoms with Crippen LogP contribution in [-0.4, -0.2) is 16.5 Å². The lowest BCUT2D eigenvalue weighted by molar-refractivity contribution is -0.113. The van der Waals surface area contributed by atoms with Gasteiger partial charge in [-0.05, 0) is 38.8 Å². The van der Waals surface area contributed by atoms with Gasteiger partial charge in [-0.2, -0.15) is 0 Å². The van der Waals surface area contributed by atoms with Gasteiger partial charge in [0.1, 0.15) is 0 Å². The molecule has 0 heterocycles. The molecule has 2 nitrogen and oxygen atoms in total. The van der Waals surface area contributed by atoms with Gasteiger partial charge in [0.25, 0.3) is 0 Å². The van der Waals surface area contributed by atoms with Crippen LogP contribution in [0.2, 0.25) is 0 Å². The number of rotatable bonds is 1. The van der Waals surface area contributed by atoms with E-state index in [1.54, 1.807) is 19.1 Å². The molecule has 0 saturated heterocycles. The molecule has 0 aromatic rings. The Morgan fingerprint density at radius 3 is 2.67 bits per heavy atom. The van der Waals surface area contributed by atoms with Gasteiger partial charge in [-0.15, -0.1) is 0 Å². The molecule has 0 saturated carbocycles. The van der Waals surface area contributed by atoms with Gasteiger partial charge < -0.3 is 5.11 Å². The molecule has 1 atom stereocenters. The minimum atomic E-state index is -0.765. The van der Waals surface area contributed by atoms with Gasteiger partial charge in [0.05, 0.1) is 5.60 Å². The zero-order chi connectivity index (χ0) is 9.35. The highest BCUT2D eigenvalue weighted by atomic mass is 16.3. The Hall–Kier alpha value is -0.890. The minimum Gasteiger partial charge on any atom is -0.385 e. The molecule has 2 heteroatoms. The Labute approximate surface area is 72.6 Å². The van der Waals surface area contributed by atoms with Crippen molar-refractivity contribution in [2.45, 2.75) is 32.8 Å². The Bertz CT molecular complexity index is 270. The highest BCUT2D eigenvalue weighted by molar-refractivity contribution is 5.96. The number of hydrogen-bond acceptors (Lipinski definition) is 2. The number of allylic oxidation sites excluding steroid dienone is 2. The lowest BCUT2D eigenvalue weighted by Crippen LogP contribution is -2.27. The van der Waals surface area contributed by atoms with Crippen LogP contribution in [0.1, 0.15) is 27.2 Å². The predicted molar refractivity (Wildman–Crippen MR) is 47.8 cm³/mol. The van der Waals surface area contributed by atoms with Crippen molar-refractivity contribution in [3.8, 4) is 0 Å². The van der Waals surface area contributed by atoms with Crippen LogP contribution in [0.15, 0.2) is 23.3 Å². The molecule has 1 aliphatic carbocycles. The maximum Gasteiger partial charge on any atom is 0.159 e. The summed E-state index contributed by atoms with van der Waals surface area (Å²) in [6.45, 7) is 5.14. The van der Waals surface area contributed by atoms with E-state index in [2.05, 4.69) is 0 Å². The second kappa shape index (κ2) is 2.87. The SMILES string of the molecule is CC(=O)C1=CCC(C)(O)C(C)=C1. The molecule has 12 heavy (non-hydrogen) atoms. The van der Waals surface area contributed by atoms with Crippen LogP contribution >= 0.6 is 0 Å². The average Bonchev–Trinajstić information content (AvgIpc) is 1.94. The standard InChI is InChI=1S/C10H14O2/c1-7-6-9(8(2)11)4-5-10(7,3)12/h4,6,12H,5H2,1-3H3. The van der Waals surface area contributed by atoms with Crippen molar-refractivity contribution in [1.29, 1.82) is 0 Å². The molecule has 1 N–H and O–H groups in total. The van der Waals surface area contributed by atoms with Crippen molar-refractivity contribution < 1.29 is 9.90 Å². The van der Waals surface area contributed by atoms with Gasteiger partial charge in [0, 0.05) is 5.57 Å². The van der Waals surface area contributed by atoms with Gasteiger partial charge in [-0.25, -0.2) is 0 Å². The summed E-state index contributed by atoms with van der Waals surface area (Å²) in [4.78, 5) is 11.0. The van der Waals surface area contributed by atoms with E-state index in [0.717, 1.165) is 5.57 Å². The number of hydrogen-bond donors (Lipinski definition) is 1. The van der Waals surface area contributed by atoms with E-state index in [0.29, 0.717) is 12.0 Å². The summed E-state index contributed by atoms with van der Waals surface area (Å²) in [5, 5.41) is 9.72. The van der Waals surface area contributed by atoms with E-state index in [1.807, 2.05) is 6.92 Å². The third-order valence-corrected chi connectivity index (χ3v) is 2.35. The monoisotopic (exact) mass is 166 g/mol. The molecule has 0 bridgehead atoms. The summed E-state index contributed by atoms with van der Waals surface area (Å²) < 4.78 is 0. The number of aliphatic hydroxyl groups is 1. The van der Waals surface area contributed by atoms with Crippen LogP contribution in [0.3, 0.4) is 0 Å². The van der Waals surface area contributed by atoms with E-state index in [1.165, 1.54) is 6.92 Å². The van der Waals surface area contributed by atoms with Crippen LogP contribution in [-0.2, 0) is 4.79 Å². The van der Waals surface area contributed by atoms with Crippen LogP contribution in [0.5, 0.6) is 0 Å². The summed E-state index contributed by atoms with van der Waals surface area (Å²) in [5.41, 5.74) is 0.799. The van der Waals surface area contributed by atoms with Crippen LogP contribution in [0.25, 0.3) is 0 Å². The normalized spacial score (nSPS) is 29.3. The molecule has 0 spiro atoms. The first-order chi connectivity index (χ1) is 5.43. The molecular weight excluding hydrogens is 152 g/mol. The van der Waals surface area contributed by atoms with Gasteiger partial charge in [0.2, 0.25) is 0 Å². The number of carbonyl (C=O) groups excluding carboxylic acids is 1. The molecule has 1 aliphatic rings. The summed E-state index contributed by atoms with van der Waals surface area (Å²) in [7, 11) is 0. The zero-order valence-electron chi connectivity index (χ0n) is 7.72. The zero-order valence-corrected chi connectivity index (χ0v) is 7.72. The minimum absolute atomic E-state index is 0.0600. The fourth-order valence-corrected chi connectivity index (χ4v) is 1.16. The molecule has 0 aromatic carbocycles. The number of Topliss-reactive ketones (excluding diaryl/α,β-unsaturated/α-hetero) is 1. The van der Waals surface area contributed by atoms with Crippen LogP contribution in [0.4, 0.5) is 0 Å². The molecule has 0 aromatic heterocycles. The van der Waals surface area contributed by atoms with Crippen LogP contribution in [0, 0.1) is 0 Å². The van der Waals surface area contributed by atoms with Crippen molar-refractivity contribution in [1.82, 2.24) is 0 Å². The highest BCUT2D eigenvalue weighted by Crippen LogP contribution is 2.27. The van der Waals surface area contributed by atoms with E-state index in [4.69, 9.17) is 0 Å². The first kappa shape index (κ1) is 9.20. The van der Waals surface area contributed by atoms with E-state index in [9.17, 15) is 9.90 Å². The fourth-order valence-electron chi connectivity index (χ4n) is 1.16. The Morgan fingerprint density at radius 2 is 2.25 bits per heavy atom. The number of ketones is 1. The van der Waals surface area contributed by atoms with Crippen molar-refractivity contribution in [3.63, 3.8) is 0 Å². The molecule has 1 unspecified atom stereocenters. The van der Waals surface area contributed by atoms with E-state index < -0.39 is 5.60 Å². The molecule has 0 aliphatic heterocycles. The highest BCUT2D eigenvalue weighted by Gasteiger charge is 2.25. The van der Waals surface area contributed by atoms with Gasteiger partial charge in [0.15, 0.2) is 5.78 Å². The Kier molecular flexibility index (Phi) is 2.20. The van der Waals surface area contributed by atoms with Crippen molar-refractivity contribution in [3.05, 3.63) is 23.3 Å². The molecular formula is C10H14O2. The first-order valence-corrected chi connectivity index (χ1v) is 4.06. The van der Waals surface area contributed by atoms with Crippen molar-refractivity contribution in [2.24, 2.45) is 0 Å². The second-order valence-corrected chi connectivity index (χ2v) is 3.52. The summed E-state index contributed by atoms with van der Waals surface area (Å²) in [6.07, 6.45) is 4.07. The topological polar surface area (TPSA) is 37.3 Å². The van der Waals surface area contributed by atoms with Crippen molar-refractivity contribution in [2.75, 3.05) is 0 Å². The molecule has 1 rings (SSSR count). The lowest BCUT2D eigenvalue weighted by atomic mass is 9.86. The van der Waals surface area contributed by atoms with Gasteiger partial charge >= 0.3 is 0 Å². The predicted octanol–water partition coefficient (Wildman–Crippen LogP) is 1.60. The Balaban J connectivity index is 2.93. The number of carbonyl (C=O) groups is 1. The third-order valence-electron chi connectivity index (χ3n) is 2.35. The quantitative estimate of drug-likeness (QED) is 0.642. The lowest BCUT2D eigenvalue weighted by Gasteiger charge is -2.26. The third kappa shape index (κ3) is 1.64. The summed E-state index contributed by atoms with van der Waals surface area (Å²) in [5.74, 6) is 0.0600. The first-order valence-electron chi connectivity index (χ1n) is 4.06. The Morgan fingerprint density at radius 1 is 1.67 bits per heavy atom. The largest absolute Gasteiger partial charge is 0.385 e. The molecule has 0 fully saturated rings. The maximum atomic E-state index is 11.0. The summed E-state index contributed by atoms with van der Waals surface area (Å²) >= 11 is 0. The maximum absolute atomic E-state index is 11.0. The molecule has 66 valence electrons. The van der Waals surface area contributed by atoms with Crippen molar-refractivity contribution >= 4 is 5.78 Å². The van der Waals surface area contributed by atoms with Crippen LogP contribution < -0.4 is 0 Å².